The number of nitrogens with one attached hydrogen (secondary N) is 1. The molecule has 1 aliphatic heterocycles. The molecular weight excluding hydrogens is 258 g/mol. The average molecular weight is 270 g/mol. The zero-order chi connectivity index (χ0) is 10.8. The molecule has 1 fully saturated rings. The number of hydrogen-bond acceptors (Lipinski definition) is 2. The van der Waals surface area contributed by atoms with Crippen molar-refractivity contribution in [3.05, 3.63) is 33.8 Å². The molecule has 1 heterocycles. The van der Waals surface area contributed by atoms with Crippen LogP contribution in [0.1, 0.15) is 17.2 Å². The summed E-state index contributed by atoms with van der Waals surface area (Å²) in [4.78, 5) is 10.9. The van der Waals surface area contributed by atoms with Crippen LogP contribution in [0.2, 0.25) is 0 Å². The lowest BCUT2D eigenvalue weighted by Crippen LogP contribution is -2.38. The van der Waals surface area contributed by atoms with Gasteiger partial charge in [0.2, 0.25) is 5.91 Å². The van der Waals surface area contributed by atoms with Crippen LogP contribution >= 0.6 is 15.9 Å². The van der Waals surface area contributed by atoms with Crippen molar-refractivity contribution in [2.24, 2.45) is 0 Å². The molecule has 1 saturated heterocycles. The summed E-state index contributed by atoms with van der Waals surface area (Å²) in [5.74, 6) is -0.0416. The lowest BCUT2D eigenvalue weighted by molar-refractivity contribution is -0.133. The fraction of sp³-hybridized carbons (Fsp3) is 0.364. The van der Waals surface area contributed by atoms with E-state index in [9.17, 15) is 4.79 Å². The van der Waals surface area contributed by atoms with Crippen LogP contribution in [-0.4, -0.2) is 19.1 Å². The van der Waals surface area contributed by atoms with Crippen molar-refractivity contribution in [3.8, 4) is 0 Å². The Labute approximate surface area is 96.9 Å². The van der Waals surface area contributed by atoms with Crippen LogP contribution in [0.5, 0.6) is 0 Å². The molecule has 1 amide bonds. The molecule has 80 valence electrons. The van der Waals surface area contributed by atoms with Gasteiger partial charge in [0.15, 0.2) is 0 Å². The molecule has 0 aromatic heterocycles. The van der Waals surface area contributed by atoms with Crippen LogP contribution in [0.15, 0.2) is 22.7 Å². The average Bonchev–Trinajstić information content (AvgIpc) is 2.23. The van der Waals surface area contributed by atoms with E-state index < -0.39 is 0 Å². The molecule has 0 radical (unpaired) electrons. The first-order valence-electron chi connectivity index (χ1n) is 4.81. The Hall–Kier alpha value is -0.870. The predicted octanol–water partition coefficient (Wildman–Crippen LogP) is 1.95. The van der Waals surface area contributed by atoms with E-state index >= 15 is 0 Å². The van der Waals surface area contributed by atoms with E-state index in [-0.39, 0.29) is 18.6 Å². The first-order chi connectivity index (χ1) is 7.16. The summed E-state index contributed by atoms with van der Waals surface area (Å²) in [5.41, 5.74) is 2.28. The summed E-state index contributed by atoms with van der Waals surface area (Å²) in [7, 11) is 0. The smallest absolute Gasteiger partial charge is 0.246 e. The van der Waals surface area contributed by atoms with Gasteiger partial charge in [-0.25, -0.2) is 0 Å². The summed E-state index contributed by atoms with van der Waals surface area (Å²) in [6.45, 7) is 2.74. The van der Waals surface area contributed by atoms with Gasteiger partial charge in [0.05, 0.1) is 0 Å². The number of aryl methyl sites for hydroxylation is 1. The van der Waals surface area contributed by atoms with Gasteiger partial charge in [-0.3, -0.25) is 4.79 Å². The molecule has 0 saturated carbocycles. The maximum atomic E-state index is 10.9. The number of ether oxygens (including phenoxy) is 1. The van der Waals surface area contributed by atoms with Crippen LogP contribution in [0.25, 0.3) is 0 Å². The second-order valence-electron chi connectivity index (χ2n) is 3.61. The maximum absolute atomic E-state index is 10.9. The van der Waals surface area contributed by atoms with Crippen molar-refractivity contribution in [1.82, 2.24) is 5.32 Å². The predicted molar refractivity (Wildman–Crippen MR) is 60.6 cm³/mol. The SMILES string of the molecule is Cc1cc([C@H]2CNC(=O)CO2)ccc1Br. The fourth-order valence-corrected chi connectivity index (χ4v) is 1.82. The number of amides is 1. The van der Waals surface area contributed by atoms with Crippen molar-refractivity contribution >= 4 is 21.8 Å². The van der Waals surface area contributed by atoms with Gasteiger partial charge in [0.25, 0.3) is 0 Å². The molecule has 0 bridgehead atoms. The highest BCUT2D eigenvalue weighted by Gasteiger charge is 2.20. The number of hydrogen-bond donors (Lipinski definition) is 1. The Balaban J connectivity index is 2.16. The third-order valence-corrected chi connectivity index (χ3v) is 3.34. The summed E-state index contributed by atoms with van der Waals surface area (Å²) in [6, 6.07) is 6.09. The first-order valence-corrected chi connectivity index (χ1v) is 5.60. The van der Waals surface area contributed by atoms with Gasteiger partial charge in [0.1, 0.15) is 12.7 Å². The Bertz CT molecular complexity index is 382. The third kappa shape index (κ3) is 2.38. The zero-order valence-electron chi connectivity index (χ0n) is 8.42. The minimum absolute atomic E-state index is 0.0190. The number of morpholine rings is 1. The quantitative estimate of drug-likeness (QED) is 0.847. The molecule has 15 heavy (non-hydrogen) atoms. The Morgan fingerprint density at radius 3 is 2.93 bits per heavy atom. The van der Waals surface area contributed by atoms with Gasteiger partial charge in [-0.05, 0) is 24.1 Å². The highest BCUT2D eigenvalue weighted by Crippen LogP contribution is 2.24. The van der Waals surface area contributed by atoms with Crippen molar-refractivity contribution in [3.63, 3.8) is 0 Å². The summed E-state index contributed by atoms with van der Waals surface area (Å²) in [6.07, 6.45) is -0.0190. The van der Waals surface area contributed by atoms with Gasteiger partial charge in [-0.2, -0.15) is 0 Å². The number of carbonyl (C=O) groups excluding carboxylic acids is 1. The Kier molecular flexibility index (Phi) is 3.07. The summed E-state index contributed by atoms with van der Waals surface area (Å²) < 4.78 is 6.53. The molecule has 1 aromatic carbocycles. The molecule has 0 unspecified atom stereocenters. The number of carbonyl (C=O) groups is 1. The largest absolute Gasteiger partial charge is 0.362 e. The van der Waals surface area contributed by atoms with Crippen LogP contribution in [0.3, 0.4) is 0 Å². The second-order valence-corrected chi connectivity index (χ2v) is 4.47. The molecule has 2 rings (SSSR count). The molecule has 0 aliphatic carbocycles. The molecule has 1 N–H and O–H groups in total. The van der Waals surface area contributed by atoms with E-state index in [1.165, 1.54) is 5.56 Å². The lowest BCUT2D eigenvalue weighted by Gasteiger charge is -2.23. The van der Waals surface area contributed by atoms with Crippen LogP contribution in [-0.2, 0) is 9.53 Å². The standard InChI is InChI=1S/C11H12BrNO2/c1-7-4-8(2-3-9(7)12)10-5-13-11(14)6-15-10/h2-4,10H,5-6H2,1H3,(H,13,14)/t10-/m1/s1. The monoisotopic (exact) mass is 269 g/mol. The zero-order valence-corrected chi connectivity index (χ0v) is 10.0. The fourth-order valence-electron chi connectivity index (χ4n) is 1.58. The van der Waals surface area contributed by atoms with E-state index in [1.807, 2.05) is 19.1 Å². The van der Waals surface area contributed by atoms with Crippen LogP contribution in [0, 0.1) is 6.92 Å². The van der Waals surface area contributed by atoms with Gasteiger partial charge in [0, 0.05) is 11.0 Å². The molecular formula is C11H12BrNO2. The van der Waals surface area contributed by atoms with Gasteiger partial charge >= 0.3 is 0 Å². The summed E-state index contributed by atoms with van der Waals surface area (Å²) >= 11 is 3.45. The van der Waals surface area contributed by atoms with E-state index in [2.05, 4.69) is 27.3 Å². The van der Waals surface area contributed by atoms with Crippen LogP contribution < -0.4 is 5.32 Å². The molecule has 3 nitrogen and oxygen atoms in total. The Morgan fingerprint density at radius 1 is 1.53 bits per heavy atom. The number of halogens is 1. The third-order valence-electron chi connectivity index (χ3n) is 2.45. The second kappa shape index (κ2) is 4.33. The highest BCUT2D eigenvalue weighted by atomic mass is 79.9. The number of rotatable bonds is 1. The highest BCUT2D eigenvalue weighted by molar-refractivity contribution is 9.10. The van der Waals surface area contributed by atoms with E-state index in [1.54, 1.807) is 0 Å². The normalized spacial score (nSPS) is 21.2. The summed E-state index contributed by atoms with van der Waals surface area (Å²) in [5, 5.41) is 2.79. The van der Waals surface area contributed by atoms with E-state index in [4.69, 9.17) is 4.74 Å². The topological polar surface area (TPSA) is 38.3 Å². The Morgan fingerprint density at radius 2 is 2.33 bits per heavy atom. The molecule has 0 spiro atoms. The molecule has 1 aliphatic rings. The van der Waals surface area contributed by atoms with E-state index in [0.717, 1.165) is 10.0 Å². The molecule has 4 heteroatoms. The number of benzene rings is 1. The minimum atomic E-state index is -0.0416. The van der Waals surface area contributed by atoms with Crippen molar-refractivity contribution in [2.45, 2.75) is 13.0 Å². The van der Waals surface area contributed by atoms with Crippen molar-refractivity contribution < 1.29 is 9.53 Å². The minimum Gasteiger partial charge on any atom is -0.362 e. The van der Waals surface area contributed by atoms with Gasteiger partial charge in [-0.15, -0.1) is 0 Å². The van der Waals surface area contributed by atoms with Gasteiger partial charge < -0.3 is 10.1 Å². The van der Waals surface area contributed by atoms with Gasteiger partial charge in [-0.1, -0.05) is 28.1 Å². The van der Waals surface area contributed by atoms with Crippen LogP contribution in [0.4, 0.5) is 0 Å². The molecule has 1 atom stereocenters. The van der Waals surface area contributed by atoms with E-state index in [0.29, 0.717) is 6.54 Å². The molecule has 1 aromatic rings. The van der Waals surface area contributed by atoms with Crippen molar-refractivity contribution in [1.29, 1.82) is 0 Å². The van der Waals surface area contributed by atoms with Crippen molar-refractivity contribution in [2.75, 3.05) is 13.2 Å². The first kappa shape index (κ1) is 10.6. The lowest BCUT2D eigenvalue weighted by atomic mass is 10.1. The maximum Gasteiger partial charge on any atom is 0.246 e.